The second-order valence-corrected chi connectivity index (χ2v) is 7.68. The van der Waals surface area contributed by atoms with E-state index in [1.54, 1.807) is 18.0 Å². The van der Waals surface area contributed by atoms with E-state index in [0.29, 0.717) is 5.82 Å². The topological polar surface area (TPSA) is 69.0 Å². The average Bonchev–Trinajstić information content (AvgIpc) is 3.39. The molecule has 2 aromatic carbocycles. The lowest BCUT2D eigenvalue weighted by Crippen LogP contribution is -2.20. The molecule has 1 unspecified atom stereocenters. The molecule has 0 aliphatic heterocycles. The highest BCUT2D eigenvalue weighted by Gasteiger charge is 2.29. The van der Waals surface area contributed by atoms with Crippen molar-refractivity contribution in [2.24, 2.45) is 7.05 Å². The molecule has 1 N–H and O–H groups in total. The first-order valence-electron chi connectivity index (χ1n) is 9.97. The number of aryl methyl sites for hydroxylation is 2. The third-order valence-corrected chi connectivity index (χ3v) is 5.76. The van der Waals surface area contributed by atoms with E-state index in [9.17, 15) is 4.79 Å². The van der Waals surface area contributed by atoms with E-state index in [1.165, 1.54) is 5.56 Å². The molecule has 1 aliphatic carbocycles. The van der Waals surface area contributed by atoms with Crippen LogP contribution in [-0.2, 0) is 18.3 Å². The summed E-state index contributed by atoms with van der Waals surface area (Å²) in [7, 11) is 3.56. The molecule has 0 bridgehead atoms. The van der Waals surface area contributed by atoms with Crippen molar-refractivity contribution in [1.82, 2.24) is 14.8 Å². The maximum absolute atomic E-state index is 13.0. The van der Waals surface area contributed by atoms with Crippen LogP contribution in [0.25, 0.3) is 21.9 Å². The minimum absolute atomic E-state index is 0.0193. The van der Waals surface area contributed by atoms with E-state index >= 15 is 0 Å². The van der Waals surface area contributed by atoms with Crippen molar-refractivity contribution in [3.63, 3.8) is 0 Å². The van der Waals surface area contributed by atoms with Gasteiger partial charge in [-0.3, -0.25) is 9.48 Å². The summed E-state index contributed by atoms with van der Waals surface area (Å²) in [6.07, 6.45) is 7.30. The van der Waals surface area contributed by atoms with Crippen LogP contribution in [-0.4, -0.2) is 27.8 Å². The lowest BCUT2D eigenvalue weighted by molar-refractivity contribution is -0.117. The van der Waals surface area contributed by atoms with Gasteiger partial charge in [-0.1, -0.05) is 18.2 Å². The van der Waals surface area contributed by atoms with Gasteiger partial charge in [0.2, 0.25) is 5.91 Å². The third-order valence-electron chi connectivity index (χ3n) is 5.76. The summed E-state index contributed by atoms with van der Waals surface area (Å²) >= 11 is 0. The fourth-order valence-corrected chi connectivity index (χ4v) is 4.17. The van der Waals surface area contributed by atoms with Crippen LogP contribution in [0.5, 0.6) is 5.75 Å². The first-order chi connectivity index (χ1) is 14.6. The number of nitrogens with one attached hydrogen (secondary N) is 1. The molecule has 1 atom stereocenters. The largest absolute Gasteiger partial charge is 0.497 e. The van der Waals surface area contributed by atoms with Gasteiger partial charge in [0.1, 0.15) is 11.6 Å². The van der Waals surface area contributed by atoms with Gasteiger partial charge in [-0.05, 0) is 59.2 Å². The quantitative estimate of drug-likeness (QED) is 0.556. The van der Waals surface area contributed by atoms with Crippen LogP contribution < -0.4 is 10.1 Å². The Labute approximate surface area is 174 Å². The molecule has 0 radical (unpaired) electrons. The van der Waals surface area contributed by atoms with Crippen molar-refractivity contribution in [1.29, 1.82) is 0 Å². The van der Waals surface area contributed by atoms with Crippen molar-refractivity contribution < 1.29 is 9.53 Å². The fraction of sp³-hybridized carbons (Fsp3) is 0.208. The summed E-state index contributed by atoms with van der Waals surface area (Å²) in [5, 5.41) is 9.31. The summed E-state index contributed by atoms with van der Waals surface area (Å²) in [4.78, 5) is 17.4. The van der Waals surface area contributed by atoms with Crippen molar-refractivity contribution in [2.75, 3.05) is 12.4 Å². The molecule has 2 heterocycles. The Hall–Kier alpha value is -3.67. The van der Waals surface area contributed by atoms with Crippen molar-refractivity contribution in [2.45, 2.75) is 18.8 Å². The predicted molar refractivity (Wildman–Crippen MR) is 117 cm³/mol. The van der Waals surface area contributed by atoms with Crippen LogP contribution in [0.2, 0.25) is 0 Å². The summed E-state index contributed by atoms with van der Waals surface area (Å²) in [5.41, 5.74) is 4.40. The zero-order valence-electron chi connectivity index (χ0n) is 16.9. The standard InChI is InChI=1S/C24H22N4O2/c1-28-14-19(13-26-28)15-3-4-17-12-25-23(11-18(17)9-15)27-24(29)22-7-5-16-10-20(30-2)6-8-21(16)22/h3-4,6,8-14,22H,5,7H2,1-2H3,(H,25,27,29). The van der Waals surface area contributed by atoms with Crippen molar-refractivity contribution >= 4 is 22.5 Å². The molecule has 0 spiro atoms. The minimum atomic E-state index is -0.162. The number of ether oxygens (including phenoxy) is 1. The molecule has 6 nitrogen and oxygen atoms in total. The number of hydrogen-bond acceptors (Lipinski definition) is 4. The zero-order chi connectivity index (χ0) is 20.7. The highest BCUT2D eigenvalue weighted by Crippen LogP contribution is 2.36. The van der Waals surface area contributed by atoms with E-state index in [4.69, 9.17) is 4.74 Å². The Morgan fingerprint density at radius 2 is 2.00 bits per heavy atom. The van der Waals surface area contributed by atoms with Gasteiger partial charge in [0, 0.05) is 30.4 Å². The normalized spacial score (nSPS) is 15.2. The molecular formula is C24H22N4O2. The molecule has 1 aliphatic rings. The van der Waals surface area contributed by atoms with Crippen LogP contribution >= 0.6 is 0 Å². The molecule has 4 aromatic rings. The molecule has 1 amide bonds. The number of fused-ring (bicyclic) bond motifs is 2. The summed E-state index contributed by atoms with van der Waals surface area (Å²) < 4.78 is 7.08. The number of rotatable bonds is 4. The minimum Gasteiger partial charge on any atom is -0.497 e. The first kappa shape index (κ1) is 18.4. The number of hydrogen-bond donors (Lipinski definition) is 1. The summed E-state index contributed by atoms with van der Waals surface area (Å²) in [5.74, 6) is 1.22. The van der Waals surface area contributed by atoms with Crippen LogP contribution in [0.4, 0.5) is 5.82 Å². The van der Waals surface area contributed by atoms with Gasteiger partial charge in [0.05, 0.1) is 19.2 Å². The number of aromatic nitrogens is 3. The molecule has 5 rings (SSSR count). The first-order valence-corrected chi connectivity index (χ1v) is 9.97. The van der Waals surface area contributed by atoms with Gasteiger partial charge in [-0.2, -0.15) is 5.10 Å². The molecule has 0 fully saturated rings. The lowest BCUT2D eigenvalue weighted by atomic mass is 10.0. The SMILES string of the molecule is COc1ccc2c(c1)CCC2C(=O)Nc1cc2cc(-c3cnn(C)c3)ccc2cn1. The zero-order valence-corrected chi connectivity index (χ0v) is 16.9. The third kappa shape index (κ3) is 3.30. The molecule has 150 valence electrons. The molecular weight excluding hydrogens is 376 g/mol. The van der Waals surface area contributed by atoms with Crippen LogP contribution in [0.15, 0.2) is 61.1 Å². The maximum atomic E-state index is 13.0. The molecule has 0 saturated carbocycles. The Morgan fingerprint density at radius 3 is 2.80 bits per heavy atom. The van der Waals surface area contributed by atoms with Gasteiger partial charge < -0.3 is 10.1 Å². The van der Waals surface area contributed by atoms with Gasteiger partial charge in [-0.25, -0.2) is 4.98 Å². The lowest BCUT2D eigenvalue weighted by Gasteiger charge is -2.13. The molecule has 2 aromatic heterocycles. The van der Waals surface area contributed by atoms with E-state index in [0.717, 1.165) is 46.1 Å². The number of benzene rings is 2. The smallest absolute Gasteiger partial charge is 0.233 e. The van der Waals surface area contributed by atoms with E-state index < -0.39 is 0 Å². The van der Waals surface area contributed by atoms with Gasteiger partial charge >= 0.3 is 0 Å². The van der Waals surface area contributed by atoms with Gasteiger partial charge in [-0.15, -0.1) is 0 Å². The van der Waals surface area contributed by atoms with Crippen LogP contribution in [0.3, 0.4) is 0 Å². The van der Waals surface area contributed by atoms with E-state index in [1.807, 2.05) is 49.8 Å². The Bertz CT molecular complexity index is 1260. The number of methoxy groups -OCH3 is 1. The van der Waals surface area contributed by atoms with Gasteiger partial charge in [0.25, 0.3) is 0 Å². The number of pyridine rings is 1. The number of amides is 1. The number of nitrogens with zero attached hydrogens (tertiary/aromatic N) is 3. The Kier molecular flexibility index (Phi) is 4.47. The van der Waals surface area contributed by atoms with Crippen LogP contribution in [0.1, 0.15) is 23.5 Å². The average molecular weight is 398 g/mol. The molecule has 30 heavy (non-hydrogen) atoms. The Balaban J connectivity index is 1.40. The van der Waals surface area contributed by atoms with E-state index in [2.05, 4.69) is 27.5 Å². The monoisotopic (exact) mass is 398 g/mol. The fourth-order valence-electron chi connectivity index (χ4n) is 4.17. The Morgan fingerprint density at radius 1 is 1.10 bits per heavy atom. The maximum Gasteiger partial charge on any atom is 0.233 e. The second kappa shape index (κ2) is 7.30. The van der Waals surface area contributed by atoms with E-state index in [-0.39, 0.29) is 11.8 Å². The van der Waals surface area contributed by atoms with Crippen LogP contribution in [0, 0.1) is 0 Å². The highest BCUT2D eigenvalue weighted by atomic mass is 16.5. The predicted octanol–water partition coefficient (Wildman–Crippen LogP) is 4.31. The summed E-state index contributed by atoms with van der Waals surface area (Å²) in [6.45, 7) is 0. The number of carbonyl (C=O) groups excluding carboxylic acids is 1. The van der Waals surface area contributed by atoms with Gasteiger partial charge in [0.15, 0.2) is 0 Å². The second-order valence-electron chi connectivity index (χ2n) is 7.68. The number of carbonyl (C=O) groups is 1. The van der Waals surface area contributed by atoms with Crippen molar-refractivity contribution in [3.05, 3.63) is 72.2 Å². The highest BCUT2D eigenvalue weighted by molar-refractivity contribution is 5.98. The number of anilines is 1. The molecule has 6 heteroatoms. The van der Waals surface area contributed by atoms with Crippen molar-refractivity contribution in [3.8, 4) is 16.9 Å². The molecule has 0 saturated heterocycles. The summed E-state index contributed by atoms with van der Waals surface area (Å²) in [6, 6.07) is 14.1.